The smallest absolute Gasteiger partial charge is 0.341 e. The molecule has 41 heavy (non-hydrogen) atoms. The first-order valence-corrected chi connectivity index (χ1v) is 14.0. The van der Waals surface area contributed by atoms with Gasteiger partial charge in [-0.1, -0.05) is 6.07 Å². The van der Waals surface area contributed by atoms with Crippen LogP contribution in [0.3, 0.4) is 0 Å². The number of rotatable bonds is 13. The summed E-state index contributed by atoms with van der Waals surface area (Å²) in [5.41, 5.74) is 4.43. The van der Waals surface area contributed by atoms with Crippen LogP contribution in [-0.2, 0) is 14.3 Å². The van der Waals surface area contributed by atoms with Crippen molar-refractivity contribution in [3.63, 3.8) is 0 Å². The Morgan fingerprint density at radius 1 is 1.22 bits per heavy atom. The number of hydrazone groups is 1. The molecule has 0 unspecified atom stereocenters. The van der Waals surface area contributed by atoms with Gasteiger partial charge in [-0.25, -0.2) is 14.4 Å². The molecule has 0 fully saturated rings. The number of halogens is 2. The molecule has 1 aliphatic rings. The van der Waals surface area contributed by atoms with Crippen molar-refractivity contribution in [1.29, 1.82) is 0 Å². The molecular weight excluding hydrogens is 719 g/mol. The van der Waals surface area contributed by atoms with Gasteiger partial charge >= 0.3 is 18.0 Å². The summed E-state index contributed by atoms with van der Waals surface area (Å²) in [6.45, 7) is 3.07. The Bertz CT molecular complexity index is 1350. The van der Waals surface area contributed by atoms with Gasteiger partial charge < -0.3 is 39.8 Å². The molecular formula is C26H28BrIN4O9. The number of allylic oxidation sites excluding steroid dienone is 1. The van der Waals surface area contributed by atoms with E-state index in [1.54, 1.807) is 44.2 Å². The molecule has 3 rings (SSSR count). The van der Waals surface area contributed by atoms with Gasteiger partial charge in [0.05, 0.1) is 39.6 Å². The number of amides is 2. The molecule has 0 spiro atoms. The van der Waals surface area contributed by atoms with Gasteiger partial charge in [0.1, 0.15) is 12.4 Å². The van der Waals surface area contributed by atoms with Crippen LogP contribution < -0.4 is 30.3 Å². The highest BCUT2D eigenvalue weighted by molar-refractivity contribution is 14.1. The van der Waals surface area contributed by atoms with Gasteiger partial charge in [0.15, 0.2) is 24.3 Å². The molecule has 1 aliphatic heterocycles. The molecule has 1 heterocycles. The van der Waals surface area contributed by atoms with Crippen molar-refractivity contribution in [1.82, 2.24) is 16.1 Å². The van der Waals surface area contributed by atoms with Crippen LogP contribution in [0, 0.1) is 3.57 Å². The van der Waals surface area contributed by atoms with Crippen molar-refractivity contribution in [3.05, 3.63) is 60.8 Å². The second-order valence-electron chi connectivity index (χ2n) is 8.41. The minimum absolute atomic E-state index is 0.184. The topological polar surface area (TPSA) is 177 Å². The van der Waals surface area contributed by atoms with Crippen LogP contribution in [0.4, 0.5) is 4.79 Å². The first kappa shape index (κ1) is 32.0. The second-order valence-corrected chi connectivity index (χ2v) is 10.4. The molecule has 2 atom stereocenters. The minimum atomic E-state index is -1.18. The zero-order valence-corrected chi connectivity index (χ0v) is 25.9. The third kappa shape index (κ3) is 8.71. The quantitative estimate of drug-likeness (QED) is 0.0674. The molecule has 0 aliphatic carbocycles. The average molecular weight is 747 g/mol. The predicted molar refractivity (Wildman–Crippen MR) is 159 cm³/mol. The zero-order valence-electron chi connectivity index (χ0n) is 22.2. The van der Waals surface area contributed by atoms with Gasteiger partial charge in [-0.2, -0.15) is 5.10 Å². The maximum absolute atomic E-state index is 12.4. The highest BCUT2D eigenvalue weighted by Crippen LogP contribution is 2.35. The molecule has 0 saturated heterocycles. The molecule has 2 aromatic carbocycles. The summed E-state index contributed by atoms with van der Waals surface area (Å²) in [6.07, 6.45) is 0.292. The Balaban J connectivity index is 1.67. The number of hydrogen-bond acceptors (Lipinski definition) is 10. The van der Waals surface area contributed by atoms with E-state index in [4.69, 9.17) is 24.1 Å². The van der Waals surface area contributed by atoms with Gasteiger partial charge in [-0.05, 0) is 87.8 Å². The zero-order chi connectivity index (χ0) is 30.1. The normalized spacial score (nSPS) is 15.6. The van der Waals surface area contributed by atoms with Crippen molar-refractivity contribution in [2.45, 2.75) is 26.1 Å². The Hall–Kier alpha value is -3.57. The van der Waals surface area contributed by atoms with Crippen molar-refractivity contribution in [2.75, 3.05) is 26.9 Å². The highest BCUT2D eigenvalue weighted by Gasteiger charge is 2.32. The van der Waals surface area contributed by atoms with E-state index < -0.39 is 36.8 Å². The van der Waals surface area contributed by atoms with Gasteiger partial charge in [-0.3, -0.25) is 5.43 Å². The first-order chi connectivity index (χ1) is 19.5. The number of benzene rings is 2. The maximum atomic E-state index is 12.4. The van der Waals surface area contributed by atoms with Crippen LogP contribution in [0.1, 0.15) is 31.0 Å². The van der Waals surface area contributed by atoms with E-state index in [0.29, 0.717) is 48.7 Å². The number of carbonyl (C=O) groups is 3. The lowest BCUT2D eigenvalue weighted by Crippen LogP contribution is -2.45. The lowest BCUT2D eigenvalue weighted by Gasteiger charge is -2.28. The summed E-state index contributed by atoms with van der Waals surface area (Å²) in [5, 5.41) is 28.5. The van der Waals surface area contributed by atoms with Crippen molar-refractivity contribution in [3.8, 4) is 17.2 Å². The predicted octanol–water partition coefficient (Wildman–Crippen LogP) is 3.04. The number of ether oxygens (including phenoxy) is 4. The van der Waals surface area contributed by atoms with Crippen molar-refractivity contribution in [2.24, 2.45) is 5.10 Å². The molecule has 0 radical (unpaired) electrons. The molecule has 13 nitrogen and oxygen atoms in total. The number of esters is 1. The van der Waals surface area contributed by atoms with Gasteiger partial charge in [-0.15, -0.1) is 0 Å². The van der Waals surface area contributed by atoms with Gasteiger partial charge in [0.25, 0.3) is 0 Å². The van der Waals surface area contributed by atoms with E-state index in [1.165, 1.54) is 13.3 Å². The number of aliphatic carboxylic acids is 1. The van der Waals surface area contributed by atoms with Gasteiger partial charge in [0.2, 0.25) is 0 Å². The Morgan fingerprint density at radius 2 is 1.98 bits per heavy atom. The van der Waals surface area contributed by atoms with Crippen molar-refractivity contribution >= 4 is 62.7 Å². The standard InChI is InChI=1S/C26H28BrIN4O9/c1-4-39-19-9-15(23-22(25(36)38-3)13(2)30-26(37)31-23)5-6-18(19)40-11-20(33)32-29-10-14-7-16(27)24(17(28)8-14)41-12-21(34)35/h5-10,20,23,32-33H,4,11-12H2,1-3H3,(H,34,35)(H2,30,31,37)/b29-10-/t20-,23-/m1/s1. The fraction of sp³-hybridized carbons (Fsp3) is 0.308. The number of aliphatic hydroxyl groups is 1. The first-order valence-electron chi connectivity index (χ1n) is 12.1. The summed E-state index contributed by atoms with van der Waals surface area (Å²) >= 11 is 5.37. The molecule has 220 valence electrons. The van der Waals surface area contributed by atoms with Crippen molar-refractivity contribution < 1.29 is 43.5 Å². The second kappa shape index (κ2) is 14.9. The van der Waals surface area contributed by atoms with Gasteiger partial charge in [0, 0.05) is 5.70 Å². The number of aliphatic hydroxyl groups excluding tert-OH is 1. The van der Waals surface area contributed by atoms with E-state index in [1.807, 2.05) is 22.6 Å². The SMILES string of the molecule is CCOc1cc([C@H]2NC(=O)NC(C)=C2C(=O)OC)ccc1OC[C@@H](O)N/N=C\c1cc(Br)c(OCC(=O)O)c(I)c1. The number of carbonyl (C=O) groups excluding carboxylic acids is 2. The van der Waals surface area contributed by atoms with Crippen LogP contribution >= 0.6 is 38.5 Å². The molecule has 0 bridgehead atoms. The largest absolute Gasteiger partial charge is 0.490 e. The third-order valence-electron chi connectivity index (χ3n) is 5.47. The molecule has 0 saturated carbocycles. The van der Waals surface area contributed by atoms with Crippen LogP contribution in [0.2, 0.25) is 0 Å². The monoisotopic (exact) mass is 746 g/mol. The van der Waals surface area contributed by atoms with Crippen LogP contribution in [-0.4, -0.2) is 67.6 Å². The summed E-state index contributed by atoms with van der Waals surface area (Å²) in [7, 11) is 1.26. The number of methoxy groups -OCH3 is 1. The number of carboxylic acids is 1. The number of urea groups is 1. The maximum Gasteiger partial charge on any atom is 0.341 e. The number of hydrogen-bond donors (Lipinski definition) is 5. The number of carboxylic acid groups (broad SMARTS) is 1. The fourth-order valence-corrected chi connectivity index (χ4v) is 5.51. The third-order valence-corrected chi connectivity index (χ3v) is 6.86. The lowest BCUT2D eigenvalue weighted by atomic mass is 9.95. The molecule has 5 N–H and O–H groups in total. The van der Waals surface area contributed by atoms with E-state index in [2.05, 4.69) is 37.1 Å². The molecule has 15 heteroatoms. The van der Waals surface area contributed by atoms with E-state index in [0.717, 1.165) is 0 Å². The molecule has 2 amide bonds. The lowest BCUT2D eigenvalue weighted by molar-refractivity contribution is -0.139. The fourth-order valence-electron chi connectivity index (χ4n) is 3.75. The van der Waals surface area contributed by atoms with E-state index in [-0.39, 0.29) is 12.2 Å². The Kier molecular flexibility index (Phi) is 11.6. The Labute approximate surface area is 257 Å². The Morgan fingerprint density at radius 3 is 2.63 bits per heavy atom. The highest BCUT2D eigenvalue weighted by atomic mass is 127. The minimum Gasteiger partial charge on any atom is -0.490 e. The number of nitrogens with zero attached hydrogens (tertiary/aromatic N) is 1. The average Bonchev–Trinajstić information content (AvgIpc) is 2.91. The molecule has 2 aromatic rings. The molecule has 0 aromatic heterocycles. The van der Waals surface area contributed by atoms with Crippen LogP contribution in [0.5, 0.6) is 17.2 Å². The summed E-state index contributed by atoms with van der Waals surface area (Å²) < 4.78 is 22.8. The van der Waals surface area contributed by atoms with E-state index >= 15 is 0 Å². The summed E-state index contributed by atoms with van der Waals surface area (Å²) in [4.78, 5) is 35.3. The van der Waals surface area contributed by atoms with E-state index in [9.17, 15) is 19.5 Å². The summed E-state index contributed by atoms with van der Waals surface area (Å²) in [5.74, 6) is -0.592. The summed E-state index contributed by atoms with van der Waals surface area (Å²) in [6, 6.07) is 7.13. The van der Waals surface area contributed by atoms with Crippen LogP contribution in [0.25, 0.3) is 0 Å². The number of nitrogens with one attached hydrogen (secondary N) is 3. The van der Waals surface area contributed by atoms with Crippen LogP contribution in [0.15, 0.2) is 51.2 Å².